The molecular formula is C20H16ClFN4O4. The average Bonchev–Trinajstić information content (AvgIpc) is 2.78. The third-order valence-corrected chi connectivity index (χ3v) is 4.39. The number of hydrogen-bond donors (Lipinski definition) is 1. The monoisotopic (exact) mass is 430 g/mol. The molecule has 8 nitrogen and oxygen atoms in total. The molecule has 0 bridgehead atoms. The molecule has 30 heavy (non-hydrogen) atoms. The Hall–Kier alpha value is -3.43. The number of oxime groups is 1. The molecule has 1 aliphatic rings. The first-order valence-corrected chi connectivity index (χ1v) is 9.29. The van der Waals surface area contributed by atoms with Gasteiger partial charge in [0.1, 0.15) is 30.5 Å². The van der Waals surface area contributed by atoms with Crippen LogP contribution in [0.15, 0.2) is 60.0 Å². The Balaban J connectivity index is 1.61. The van der Waals surface area contributed by atoms with E-state index in [-0.39, 0.29) is 29.2 Å². The van der Waals surface area contributed by atoms with Crippen molar-refractivity contribution in [2.24, 2.45) is 10.9 Å². The van der Waals surface area contributed by atoms with E-state index in [4.69, 9.17) is 36.4 Å². The molecule has 154 valence electrons. The highest BCUT2D eigenvalue weighted by atomic mass is 35.5. The van der Waals surface area contributed by atoms with Crippen molar-refractivity contribution in [3.63, 3.8) is 0 Å². The van der Waals surface area contributed by atoms with Crippen molar-refractivity contribution >= 4 is 17.5 Å². The molecule has 0 saturated heterocycles. The SMILES string of the molecule is NC(C1=NOCCO1)c1ccccc1Oc1ncnc(Oc2ccccc2Cl)c1F. The van der Waals surface area contributed by atoms with Gasteiger partial charge in [-0.25, -0.2) is 0 Å². The molecule has 0 amide bonds. The van der Waals surface area contributed by atoms with Crippen LogP contribution >= 0.6 is 11.6 Å². The number of nitrogens with two attached hydrogens (primary N) is 1. The topological polar surface area (TPSA) is 101 Å². The molecule has 2 N–H and O–H groups in total. The summed E-state index contributed by atoms with van der Waals surface area (Å²) < 4.78 is 31.5. The van der Waals surface area contributed by atoms with Gasteiger partial charge in [0, 0.05) is 5.56 Å². The molecule has 4 rings (SSSR count). The smallest absolute Gasteiger partial charge is 0.263 e. The van der Waals surface area contributed by atoms with Gasteiger partial charge in [0.25, 0.3) is 11.8 Å². The molecule has 10 heteroatoms. The van der Waals surface area contributed by atoms with Crippen LogP contribution in [0, 0.1) is 5.82 Å². The second-order valence-electron chi connectivity index (χ2n) is 6.06. The molecule has 0 spiro atoms. The Kier molecular flexibility index (Phi) is 5.92. The molecule has 1 aromatic heterocycles. The van der Waals surface area contributed by atoms with Crippen LogP contribution in [0.3, 0.4) is 0 Å². The van der Waals surface area contributed by atoms with Crippen LogP contribution in [0.5, 0.6) is 23.3 Å². The highest BCUT2D eigenvalue weighted by molar-refractivity contribution is 6.32. The molecule has 0 saturated carbocycles. The highest BCUT2D eigenvalue weighted by Crippen LogP contribution is 2.34. The van der Waals surface area contributed by atoms with Crippen LogP contribution in [-0.4, -0.2) is 29.1 Å². The van der Waals surface area contributed by atoms with E-state index in [1.165, 1.54) is 0 Å². The van der Waals surface area contributed by atoms with Crippen molar-refractivity contribution in [3.05, 3.63) is 71.3 Å². The molecule has 0 aliphatic carbocycles. The summed E-state index contributed by atoms with van der Waals surface area (Å²) in [4.78, 5) is 12.7. The first-order chi connectivity index (χ1) is 14.6. The van der Waals surface area contributed by atoms with E-state index in [0.29, 0.717) is 23.8 Å². The summed E-state index contributed by atoms with van der Waals surface area (Å²) in [6.07, 6.45) is 1.12. The Bertz CT molecular complexity index is 1080. The number of aromatic nitrogens is 2. The fourth-order valence-electron chi connectivity index (χ4n) is 2.65. The summed E-state index contributed by atoms with van der Waals surface area (Å²) in [6.45, 7) is 0.674. The average molecular weight is 431 g/mol. The molecule has 1 atom stereocenters. The van der Waals surface area contributed by atoms with Gasteiger partial charge >= 0.3 is 0 Å². The molecule has 3 aromatic rings. The summed E-state index contributed by atoms with van der Waals surface area (Å²) >= 11 is 6.06. The lowest BCUT2D eigenvalue weighted by molar-refractivity contribution is 0.0601. The third kappa shape index (κ3) is 4.27. The zero-order valence-electron chi connectivity index (χ0n) is 15.5. The molecule has 1 unspecified atom stereocenters. The van der Waals surface area contributed by atoms with Gasteiger partial charge in [-0.1, -0.05) is 41.9 Å². The minimum absolute atomic E-state index is 0.197. The molecule has 0 radical (unpaired) electrons. The fraction of sp³-hybridized carbons (Fsp3) is 0.150. The van der Waals surface area contributed by atoms with E-state index in [9.17, 15) is 4.39 Å². The van der Waals surface area contributed by atoms with E-state index in [1.807, 2.05) is 0 Å². The quantitative estimate of drug-likeness (QED) is 0.624. The van der Waals surface area contributed by atoms with Crippen LogP contribution in [0.25, 0.3) is 0 Å². The predicted molar refractivity (Wildman–Crippen MR) is 106 cm³/mol. The number of halogens is 2. The van der Waals surface area contributed by atoms with E-state index in [0.717, 1.165) is 6.33 Å². The van der Waals surface area contributed by atoms with E-state index in [2.05, 4.69) is 15.1 Å². The van der Waals surface area contributed by atoms with Gasteiger partial charge in [-0.3, -0.25) is 0 Å². The van der Waals surface area contributed by atoms with Gasteiger partial charge in [0.05, 0.1) is 5.02 Å². The van der Waals surface area contributed by atoms with E-state index >= 15 is 0 Å². The van der Waals surface area contributed by atoms with Gasteiger partial charge < -0.3 is 24.8 Å². The molecule has 0 fully saturated rings. The van der Waals surface area contributed by atoms with Crippen LogP contribution in [-0.2, 0) is 9.57 Å². The minimum Gasteiger partial charge on any atom is -0.474 e. The number of para-hydroxylation sites is 2. The summed E-state index contributed by atoms with van der Waals surface area (Å²) in [7, 11) is 0. The van der Waals surface area contributed by atoms with E-state index < -0.39 is 11.9 Å². The second kappa shape index (κ2) is 8.93. The van der Waals surface area contributed by atoms with Crippen molar-refractivity contribution in [1.29, 1.82) is 0 Å². The first kappa shape index (κ1) is 19.9. The molecule has 1 aliphatic heterocycles. The number of hydrogen-bond acceptors (Lipinski definition) is 8. The Morgan fingerprint density at radius 1 is 0.967 bits per heavy atom. The lowest BCUT2D eigenvalue weighted by Gasteiger charge is -2.20. The van der Waals surface area contributed by atoms with Gasteiger partial charge in [-0.05, 0) is 23.4 Å². The van der Waals surface area contributed by atoms with Crippen LogP contribution < -0.4 is 15.2 Å². The molecule has 2 aromatic carbocycles. The summed E-state index contributed by atoms with van der Waals surface area (Å²) in [5, 5.41) is 4.13. The highest BCUT2D eigenvalue weighted by Gasteiger charge is 2.24. The lowest BCUT2D eigenvalue weighted by atomic mass is 10.1. The Morgan fingerprint density at radius 3 is 2.33 bits per heavy atom. The normalized spacial score (nSPS) is 14.2. The maximum absolute atomic E-state index is 14.9. The van der Waals surface area contributed by atoms with Crippen molar-refractivity contribution in [1.82, 2.24) is 9.97 Å². The second-order valence-corrected chi connectivity index (χ2v) is 6.47. The number of benzene rings is 2. The summed E-state index contributed by atoms with van der Waals surface area (Å²) in [6, 6.07) is 12.7. The van der Waals surface area contributed by atoms with Crippen molar-refractivity contribution < 1.29 is 23.4 Å². The van der Waals surface area contributed by atoms with Crippen molar-refractivity contribution in [2.75, 3.05) is 13.2 Å². The van der Waals surface area contributed by atoms with Gasteiger partial charge in [0.2, 0.25) is 11.7 Å². The fourth-order valence-corrected chi connectivity index (χ4v) is 2.82. The van der Waals surface area contributed by atoms with Crippen molar-refractivity contribution in [3.8, 4) is 23.3 Å². The van der Waals surface area contributed by atoms with E-state index in [1.54, 1.807) is 48.5 Å². The maximum atomic E-state index is 14.9. The maximum Gasteiger partial charge on any atom is 0.263 e. The van der Waals surface area contributed by atoms with Gasteiger partial charge in [-0.15, -0.1) is 0 Å². The van der Waals surface area contributed by atoms with Crippen molar-refractivity contribution in [2.45, 2.75) is 6.04 Å². The molecule has 2 heterocycles. The minimum atomic E-state index is -0.893. The number of nitrogens with zero attached hydrogens (tertiary/aromatic N) is 3. The Labute approximate surface area is 176 Å². The Morgan fingerprint density at radius 2 is 1.63 bits per heavy atom. The summed E-state index contributed by atoms with van der Waals surface area (Å²) in [5.74, 6) is -0.850. The van der Waals surface area contributed by atoms with Crippen LogP contribution in [0.2, 0.25) is 5.02 Å². The van der Waals surface area contributed by atoms with Gasteiger partial charge in [0.15, 0.2) is 6.61 Å². The largest absolute Gasteiger partial charge is 0.474 e. The zero-order chi connectivity index (χ0) is 20.9. The zero-order valence-corrected chi connectivity index (χ0v) is 16.3. The van der Waals surface area contributed by atoms with Crippen LogP contribution in [0.1, 0.15) is 11.6 Å². The standard InChI is InChI=1S/C20H16ClFN4O4/c21-13-6-2-4-8-15(13)30-19-16(22)18(24-11-25-19)29-14-7-3-1-5-12(14)17(23)20-26-28-10-9-27-20/h1-8,11,17H,9-10,23H2. The number of rotatable bonds is 6. The molecular weight excluding hydrogens is 415 g/mol. The lowest BCUT2D eigenvalue weighted by Crippen LogP contribution is -2.28. The number of ether oxygens (including phenoxy) is 3. The van der Waals surface area contributed by atoms with Crippen LogP contribution in [0.4, 0.5) is 4.39 Å². The van der Waals surface area contributed by atoms with Gasteiger partial charge in [-0.2, -0.15) is 14.4 Å². The predicted octanol–water partition coefficient (Wildman–Crippen LogP) is 4.21. The first-order valence-electron chi connectivity index (χ1n) is 8.91. The third-order valence-electron chi connectivity index (χ3n) is 4.07. The summed E-state index contributed by atoms with van der Waals surface area (Å²) in [5.41, 5.74) is 6.74.